The Bertz CT molecular complexity index is 1030. The molecule has 0 atom stereocenters. The molecule has 3 aromatic carbocycles. The molecule has 172 valence electrons. The predicted octanol–water partition coefficient (Wildman–Crippen LogP) is 4.71. The number of likely N-dealkylation sites (tertiary alicyclic amines) is 1. The molecule has 5 nitrogen and oxygen atoms in total. The molecule has 3 aromatic rings. The molecule has 0 unspecified atom stereocenters. The van der Waals surface area contributed by atoms with Crippen molar-refractivity contribution in [1.29, 1.82) is 0 Å². The van der Waals surface area contributed by atoms with Gasteiger partial charge in [-0.1, -0.05) is 72.3 Å². The van der Waals surface area contributed by atoms with Gasteiger partial charge in [-0.15, -0.1) is 0 Å². The van der Waals surface area contributed by atoms with Gasteiger partial charge in [-0.3, -0.25) is 4.90 Å². The van der Waals surface area contributed by atoms with Crippen molar-refractivity contribution in [3.05, 3.63) is 101 Å². The first-order valence-electron chi connectivity index (χ1n) is 11.8. The maximum absolute atomic E-state index is 9.80. The molecule has 0 amide bonds. The fraction of sp³-hybridized carbons (Fsp3) is 0.321. The Labute approximate surface area is 197 Å². The van der Waals surface area contributed by atoms with Crippen molar-refractivity contribution in [2.24, 2.45) is 4.99 Å². The van der Waals surface area contributed by atoms with E-state index in [2.05, 4.69) is 71.0 Å². The highest BCUT2D eigenvalue weighted by Gasteiger charge is 2.17. The first-order valence-corrected chi connectivity index (χ1v) is 11.8. The Hall–Kier alpha value is -3.15. The number of hydrogen-bond acceptors (Lipinski definition) is 3. The second-order valence-electron chi connectivity index (χ2n) is 8.77. The van der Waals surface area contributed by atoms with Gasteiger partial charge >= 0.3 is 0 Å². The van der Waals surface area contributed by atoms with Gasteiger partial charge in [0.25, 0.3) is 0 Å². The van der Waals surface area contributed by atoms with E-state index >= 15 is 0 Å². The minimum Gasteiger partial charge on any atom is -0.393 e. The highest BCUT2D eigenvalue weighted by Crippen LogP contribution is 2.17. The van der Waals surface area contributed by atoms with Crippen LogP contribution in [0.1, 0.15) is 35.1 Å². The summed E-state index contributed by atoms with van der Waals surface area (Å²) in [5.74, 6) is 0.762. The van der Waals surface area contributed by atoms with Gasteiger partial charge in [0.2, 0.25) is 0 Å². The van der Waals surface area contributed by atoms with Gasteiger partial charge in [-0.05, 0) is 48.6 Å². The molecule has 0 bridgehead atoms. The lowest BCUT2D eigenvalue weighted by molar-refractivity contribution is 0.0791. The SMILES string of the molecule is Cc1ccc(CN=C(NCc2ccccc2CN2CCC(O)CC2)Nc2ccccc2)cc1. The lowest BCUT2D eigenvalue weighted by Gasteiger charge is -2.30. The molecule has 0 saturated carbocycles. The van der Waals surface area contributed by atoms with E-state index in [1.54, 1.807) is 0 Å². The lowest BCUT2D eigenvalue weighted by Crippen LogP contribution is -2.36. The molecule has 3 N–H and O–H groups in total. The van der Waals surface area contributed by atoms with Gasteiger partial charge < -0.3 is 15.7 Å². The Morgan fingerprint density at radius 3 is 2.30 bits per heavy atom. The van der Waals surface area contributed by atoms with Crippen molar-refractivity contribution < 1.29 is 5.11 Å². The lowest BCUT2D eigenvalue weighted by atomic mass is 10.0. The first-order chi connectivity index (χ1) is 16.2. The van der Waals surface area contributed by atoms with E-state index in [9.17, 15) is 5.11 Å². The van der Waals surface area contributed by atoms with E-state index in [0.717, 1.165) is 44.1 Å². The van der Waals surface area contributed by atoms with Crippen LogP contribution in [-0.2, 0) is 19.6 Å². The van der Waals surface area contributed by atoms with Crippen LogP contribution < -0.4 is 10.6 Å². The zero-order valence-corrected chi connectivity index (χ0v) is 19.4. The summed E-state index contributed by atoms with van der Waals surface area (Å²) in [6, 6.07) is 27.2. The molecule has 1 saturated heterocycles. The van der Waals surface area contributed by atoms with E-state index in [1.807, 2.05) is 30.3 Å². The predicted molar refractivity (Wildman–Crippen MR) is 136 cm³/mol. The number of piperidine rings is 1. The molecule has 0 radical (unpaired) electrons. The van der Waals surface area contributed by atoms with Crippen LogP contribution in [0.5, 0.6) is 0 Å². The fourth-order valence-corrected chi connectivity index (χ4v) is 4.04. The molecular formula is C28H34N4O. The molecule has 4 rings (SSSR count). The van der Waals surface area contributed by atoms with Crippen molar-refractivity contribution >= 4 is 11.6 Å². The molecule has 1 heterocycles. The molecule has 1 fully saturated rings. The summed E-state index contributed by atoms with van der Waals surface area (Å²) in [4.78, 5) is 7.27. The largest absolute Gasteiger partial charge is 0.393 e. The Kier molecular flexibility index (Phi) is 8.12. The number of aliphatic hydroxyl groups excluding tert-OH is 1. The standard InChI is InChI=1S/C28H34N4O/c1-22-11-13-23(14-12-22)19-29-28(31-26-9-3-2-4-10-26)30-20-24-7-5-6-8-25(24)21-32-17-15-27(33)16-18-32/h2-14,27,33H,15-21H2,1H3,(H2,29,30,31). The number of aryl methyl sites for hydroxylation is 1. The Morgan fingerprint density at radius 2 is 1.58 bits per heavy atom. The maximum atomic E-state index is 9.80. The summed E-state index contributed by atoms with van der Waals surface area (Å²) in [7, 11) is 0. The number of para-hydroxylation sites is 1. The second-order valence-corrected chi connectivity index (χ2v) is 8.77. The average molecular weight is 443 g/mol. The summed E-state index contributed by atoms with van der Waals surface area (Å²) >= 11 is 0. The van der Waals surface area contributed by atoms with E-state index in [1.165, 1.54) is 22.3 Å². The molecule has 33 heavy (non-hydrogen) atoms. The van der Waals surface area contributed by atoms with E-state index in [4.69, 9.17) is 4.99 Å². The normalized spacial score (nSPS) is 15.4. The van der Waals surface area contributed by atoms with Crippen molar-refractivity contribution in [2.75, 3.05) is 18.4 Å². The van der Waals surface area contributed by atoms with E-state index in [0.29, 0.717) is 13.1 Å². The molecule has 0 aliphatic carbocycles. The number of aliphatic hydroxyl groups is 1. The number of nitrogens with zero attached hydrogens (tertiary/aromatic N) is 2. The summed E-state index contributed by atoms with van der Waals surface area (Å²) in [6.45, 7) is 6.20. The third-order valence-corrected chi connectivity index (χ3v) is 6.09. The average Bonchev–Trinajstić information content (AvgIpc) is 2.85. The van der Waals surface area contributed by atoms with Crippen LogP contribution in [0.2, 0.25) is 0 Å². The Morgan fingerprint density at radius 1 is 0.909 bits per heavy atom. The van der Waals surface area contributed by atoms with E-state index < -0.39 is 0 Å². The fourth-order valence-electron chi connectivity index (χ4n) is 4.04. The maximum Gasteiger partial charge on any atom is 0.196 e. The summed E-state index contributed by atoms with van der Waals surface area (Å²) in [5, 5.41) is 16.8. The van der Waals surface area contributed by atoms with Crippen molar-refractivity contribution in [3.8, 4) is 0 Å². The van der Waals surface area contributed by atoms with Crippen LogP contribution in [0, 0.1) is 6.92 Å². The molecular weight excluding hydrogens is 408 g/mol. The van der Waals surface area contributed by atoms with Gasteiger partial charge in [0, 0.05) is 31.9 Å². The van der Waals surface area contributed by atoms with E-state index in [-0.39, 0.29) is 6.10 Å². The third kappa shape index (κ3) is 7.17. The van der Waals surface area contributed by atoms with Crippen LogP contribution in [-0.4, -0.2) is 35.2 Å². The monoisotopic (exact) mass is 442 g/mol. The number of hydrogen-bond donors (Lipinski definition) is 3. The second kappa shape index (κ2) is 11.6. The highest BCUT2D eigenvalue weighted by atomic mass is 16.3. The van der Waals surface area contributed by atoms with Gasteiger partial charge in [0.05, 0.1) is 12.6 Å². The molecule has 0 spiro atoms. The van der Waals surface area contributed by atoms with Crippen LogP contribution >= 0.6 is 0 Å². The number of guanidine groups is 1. The van der Waals surface area contributed by atoms with Crippen LogP contribution in [0.25, 0.3) is 0 Å². The zero-order chi connectivity index (χ0) is 22.9. The third-order valence-electron chi connectivity index (χ3n) is 6.09. The summed E-state index contributed by atoms with van der Waals surface area (Å²) in [6.07, 6.45) is 1.57. The zero-order valence-electron chi connectivity index (χ0n) is 19.4. The number of aliphatic imine (C=N–C) groups is 1. The Balaban J connectivity index is 1.45. The van der Waals surface area contributed by atoms with Crippen LogP contribution in [0.3, 0.4) is 0 Å². The smallest absolute Gasteiger partial charge is 0.196 e. The molecule has 1 aliphatic rings. The molecule has 5 heteroatoms. The summed E-state index contributed by atoms with van der Waals surface area (Å²) < 4.78 is 0. The minimum absolute atomic E-state index is 0.144. The number of nitrogens with one attached hydrogen (secondary N) is 2. The van der Waals surface area contributed by atoms with Crippen molar-refractivity contribution in [3.63, 3.8) is 0 Å². The van der Waals surface area contributed by atoms with Crippen molar-refractivity contribution in [2.45, 2.75) is 45.5 Å². The number of anilines is 1. The quantitative estimate of drug-likeness (QED) is 0.366. The van der Waals surface area contributed by atoms with Gasteiger partial charge in [-0.25, -0.2) is 4.99 Å². The number of benzene rings is 3. The summed E-state index contributed by atoms with van der Waals surface area (Å²) in [5.41, 5.74) is 6.03. The first kappa shape index (κ1) is 23.0. The van der Waals surface area contributed by atoms with Crippen LogP contribution in [0.15, 0.2) is 83.9 Å². The van der Waals surface area contributed by atoms with Gasteiger partial charge in [0.1, 0.15) is 0 Å². The topological polar surface area (TPSA) is 59.9 Å². The highest BCUT2D eigenvalue weighted by molar-refractivity contribution is 5.93. The number of rotatable bonds is 7. The van der Waals surface area contributed by atoms with Crippen LogP contribution in [0.4, 0.5) is 5.69 Å². The molecule has 1 aliphatic heterocycles. The minimum atomic E-state index is -0.144. The van der Waals surface area contributed by atoms with Gasteiger partial charge in [-0.2, -0.15) is 0 Å². The molecule has 0 aromatic heterocycles. The van der Waals surface area contributed by atoms with Gasteiger partial charge in [0.15, 0.2) is 5.96 Å². The van der Waals surface area contributed by atoms with Crippen molar-refractivity contribution in [1.82, 2.24) is 10.2 Å².